The minimum absolute atomic E-state index is 0.472. The van der Waals surface area contributed by atoms with E-state index in [1.54, 1.807) is 0 Å². The zero-order valence-corrected chi connectivity index (χ0v) is 47.2. The fourth-order valence-corrected chi connectivity index (χ4v) is 11.5. The number of aromatic nitrogens is 4. The predicted molar refractivity (Wildman–Crippen MR) is 320 cm³/mol. The molecule has 0 amide bonds. The van der Waals surface area contributed by atoms with Crippen LogP contribution in [0.2, 0.25) is 0 Å². The number of nitrogens with one attached hydrogen (secondary N) is 2. The van der Waals surface area contributed by atoms with Crippen LogP contribution in [-0.4, -0.2) is 46.4 Å². The van der Waals surface area contributed by atoms with Crippen molar-refractivity contribution in [2.75, 3.05) is 26.4 Å². The van der Waals surface area contributed by atoms with Gasteiger partial charge in [0.15, 0.2) is 0 Å². The van der Waals surface area contributed by atoms with Crippen LogP contribution in [0.5, 0.6) is 23.0 Å². The minimum atomic E-state index is 0.472. The molecule has 2 N–H and O–H groups in total. The molecule has 5 heterocycles. The maximum absolute atomic E-state index is 6.93. The predicted octanol–water partition coefficient (Wildman–Crippen LogP) is 19.7. The summed E-state index contributed by atoms with van der Waals surface area (Å²) >= 11 is 0. The highest BCUT2D eigenvalue weighted by atomic mass is 16.5. The van der Waals surface area contributed by atoms with Crippen LogP contribution in [0.1, 0.15) is 158 Å². The lowest BCUT2D eigenvalue weighted by molar-refractivity contribution is 0.234. The molecule has 3 aromatic heterocycles. The molecule has 76 heavy (non-hydrogen) atoms. The molecule has 0 fully saturated rings. The summed E-state index contributed by atoms with van der Waals surface area (Å²) in [6.07, 6.45) is 18.4. The molecule has 2 aliphatic rings. The van der Waals surface area contributed by atoms with E-state index in [0.717, 1.165) is 163 Å². The van der Waals surface area contributed by atoms with Gasteiger partial charge < -0.3 is 28.9 Å². The number of nitrogens with zero attached hydrogens (tertiary/aromatic N) is 2. The summed E-state index contributed by atoms with van der Waals surface area (Å²) in [6.45, 7) is 20.9. The van der Waals surface area contributed by atoms with Crippen LogP contribution in [0.4, 0.5) is 0 Å². The van der Waals surface area contributed by atoms with E-state index in [0.29, 0.717) is 50.1 Å². The maximum Gasteiger partial charge on any atom is 0.129 e. The molecule has 0 aliphatic carbocycles. The maximum atomic E-state index is 6.93. The van der Waals surface area contributed by atoms with Gasteiger partial charge in [-0.1, -0.05) is 181 Å². The first-order valence-corrected chi connectivity index (χ1v) is 29.7. The topological polar surface area (TPSA) is 94.3 Å². The van der Waals surface area contributed by atoms with Crippen molar-refractivity contribution in [2.24, 2.45) is 23.7 Å². The molecule has 8 bridgehead atoms. The molecule has 4 atom stereocenters. The largest absolute Gasteiger partial charge is 0.493 e. The Morgan fingerprint density at radius 3 is 1.03 bits per heavy atom. The molecule has 8 nitrogen and oxygen atoms in total. The molecular formula is C68H86N4O4. The van der Waals surface area contributed by atoms with E-state index >= 15 is 0 Å². The molecule has 4 unspecified atom stereocenters. The van der Waals surface area contributed by atoms with Crippen molar-refractivity contribution in [1.82, 2.24) is 19.9 Å². The van der Waals surface area contributed by atoms with Gasteiger partial charge in [0.25, 0.3) is 0 Å². The fourth-order valence-electron chi connectivity index (χ4n) is 11.5. The van der Waals surface area contributed by atoms with Crippen molar-refractivity contribution in [3.05, 3.63) is 97.1 Å². The first kappa shape index (κ1) is 54.5. The summed E-state index contributed by atoms with van der Waals surface area (Å²) in [5.41, 5.74) is 11.3. The second-order valence-electron chi connectivity index (χ2n) is 21.9. The molecule has 9 rings (SSSR count). The number of rotatable bonds is 28. The highest BCUT2D eigenvalue weighted by Crippen LogP contribution is 2.47. The van der Waals surface area contributed by atoms with Crippen LogP contribution in [0, 0.1) is 23.7 Å². The third-order valence-corrected chi connectivity index (χ3v) is 16.5. The van der Waals surface area contributed by atoms with Crippen molar-refractivity contribution in [3.63, 3.8) is 0 Å². The Morgan fingerprint density at radius 1 is 0.368 bits per heavy atom. The van der Waals surface area contributed by atoms with Crippen LogP contribution < -0.4 is 18.9 Å². The lowest BCUT2D eigenvalue weighted by atomic mass is 10.00. The number of hydrogen-bond acceptors (Lipinski definition) is 6. The molecule has 0 saturated carbocycles. The molecule has 0 spiro atoms. The van der Waals surface area contributed by atoms with Gasteiger partial charge in [-0.05, 0) is 97.9 Å². The lowest BCUT2D eigenvalue weighted by Gasteiger charge is -2.17. The zero-order chi connectivity index (χ0) is 53.0. The average molecular weight is 1020 g/mol. The number of hydrogen-bond donors (Lipinski definition) is 2. The molecule has 402 valence electrons. The SMILES string of the molecule is CCCCC(CC)COc1cccc2c1-c1cc3[nH]c(cc4nc(cc5[nH]c(cc-2n1)c1c(OCC(CC)CCCC)cccc51)-c1c(OCC(CC)CCCC)cccc1-4)c1c(OCC(CC)CCCC)cccc31. The van der Waals surface area contributed by atoms with Crippen molar-refractivity contribution in [3.8, 4) is 68.0 Å². The van der Waals surface area contributed by atoms with E-state index in [-0.39, 0.29) is 0 Å². The molecule has 2 aliphatic heterocycles. The van der Waals surface area contributed by atoms with E-state index in [2.05, 4.69) is 162 Å². The van der Waals surface area contributed by atoms with Crippen molar-refractivity contribution < 1.29 is 18.9 Å². The van der Waals surface area contributed by atoms with E-state index in [9.17, 15) is 0 Å². The first-order valence-electron chi connectivity index (χ1n) is 29.7. The van der Waals surface area contributed by atoms with Crippen LogP contribution in [-0.2, 0) is 0 Å². The van der Waals surface area contributed by atoms with Gasteiger partial charge in [-0.15, -0.1) is 0 Å². The van der Waals surface area contributed by atoms with E-state index < -0.39 is 0 Å². The molecule has 4 aromatic carbocycles. The van der Waals surface area contributed by atoms with E-state index in [1.165, 1.54) is 51.4 Å². The summed E-state index contributed by atoms with van der Waals surface area (Å²) in [7, 11) is 0. The van der Waals surface area contributed by atoms with Gasteiger partial charge in [-0.3, -0.25) is 0 Å². The number of aromatic amines is 2. The average Bonchev–Trinajstić information content (AvgIpc) is 4.21. The summed E-state index contributed by atoms with van der Waals surface area (Å²) in [5, 5.41) is 4.20. The monoisotopic (exact) mass is 1020 g/mol. The van der Waals surface area contributed by atoms with Crippen LogP contribution in [0.25, 0.3) is 88.6 Å². The lowest BCUT2D eigenvalue weighted by Crippen LogP contribution is -2.11. The van der Waals surface area contributed by atoms with Gasteiger partial charge in [0, 0.05) is 43.7 Å². The van der Waals surface area contributed by atoms with Gasteiger partial charge in [-0.2, -0.15) is 0 Å². The molecule has 8 heteroatoms. The summed E-state index contributed by atoms with van der Waals surface area (Å²) in [5.74, 6) is 5.34. The summed E-state index contributed by atoms with van der Waals surface area (Å²) in [6, 6.07) is 34.8. The Labute approximate surface area is 453 Å². The van der Waals surface area contributed by atoms with Crippen molar-refractivity contribution >= 4 is 43.6 Å². The van der Waals surface area contributed by atoms with E-state index in [4.69, 9.17) is 28.9 Å². The van der Waals surface area contributed by atoms with Crippen LogP contribution >= 0.6 is 0 Å². The van der Waals surface area contributed by atoms with Crippen LogP contribution in [0.15, 0.2) is 97.1 Å². The third kappa shape index (κ3) is 12.1. The number of benzene rings is 4. The van der Waals surface area contributed by atoms with Crippen molar-refractivity contribution in [2.45, 2.75) is 158 Å². The third-order valence-electron chi connectivity index (χ3n) is 16.5. The first-order chi connectivity index (χ1) is 37.3. The Kier molecular flexibility index (Phi) is 18.8. The summed E-state index contributed by atoms with van der Waals surface area (Å²) < 4.78 is 27.7. The highest BCUT2D eigenvalue weighted by molar-refractivity contribution is 6.13. The number of H-pyrrole nitrogens is 2. The standard InChI is InChI=1S/C68H86N4O4/c1-9-17-25-45(13-5)41-73-61-33-21-29-49-53-38-58-67-51(31-23-35-63(67)75-43-47(15-7)27-19-11-3)55(71-58)40-60-68-52(32-24-36-64(68)76-44-48(16-8)28-20-12-4)56(72-60)39-59-66-50(54(70-59)37-57(69-53)65(49)61)30-22-34-62(66)74-42-46(14-6)26-18-10-2/h21-24,29-40,45-48,69,72H,9-20,25-28,41-44H2,1-8H3. The van der Waals surface area contributed by atoms with Gasteiger partial charge in [0.1, 0.15) is 23.0 Å². The van der Waals surface area contributed by atoms with E-state index in [1.807, 2.05) is 0 Å². The van der Waals surface area contributed by atoms with Crippen molar-refractivity contribution in [1.29, 1.82) is 0 Å². The quantitative estimate of drug-likeness (QED) is 0.0508. The second-order valence-corrected chi connectivity index (χ2v) is 21.9. The number of ether oxygens (including phenoxy) is 4. The van der Waals surface area contributed by atoms with Crippen LogP contribution in [0.3, 0.4) is 0 Å². The Hall–Kier alpha value is -6.28. The Morgan fingerprint density at radius 2 is 0.684 bits per heavy atom. The summed E-state index contributed by atoms with van der Waals surface area (Å²) in [4.78, 5) is 19.1. The van der Waals surface area contributed by atoms with Gasteiger partial charge in [0.2, 0.25) is 0 Å². The molecule has 7 aromatic rings. The second kappa shape index (κ2) is 26.2. The number of unbranched alkanes of at least 4 members (excludes halogenated alkanes) is 4. The molecular weight excluding hydrogens is 937 g/mol. The Balaban J connectivity index is 1.33. The molecule has 0 saturated heterocycles. The van der Waals surface area contributed by atoms with Gasteiger partial charge in [0.05, 0.1) is 71.4 Å². The smallest absolute Gasteiger partial charge is 0.129 e. The number of fused-ring (bicyclic) bond motifs is 20. The van der Waals surface area contributed by atoms with Gasteiger partial charge in [-0.25, -0.2) is 9.97 Å². The molecule has 0 radical (unpaired) electrons. The highest BCUT2D eigenvalue weighted by Gasteiger charge is 2.26. The Bertz CT molecular complexity index is 3010. The van der Waals surface area contributed by atoms with Gasteiger partial charge >= 0.3 is 0 Å². The zero-order valence-electron chi connectivity index (χ0n) is 47.2. The minimum Gasteiger partial charge on any atom is -0.493 e. The fraction of sp³-hybridized carbons (Fsp3) is 0.471. The normalized spacial score (nSPS) is 13.6.